The lowest BCUT2D eigenvalue weighted by molar-refractivity contribution is -0.828. The summed E-state index contributed by atoms with van der Waals surface area (Å²) in [6.45, 7) is 5.36. The highest BCUT2D eigenvalue weighted by atomic mass is 16.4. The number of carbonyl (C=O) groups is 1. The maximum Gasteiger partial charge on any atom is 0.293 e. The Balaban J connectivity index is 1.85. The van der Waals surface area contributed by atoms with Crippen molar-refractivity contribution >= 4 is 11.9 Å². The van der Waals surface area contributed by atoms with E-state index in [1.165, 1.54) is 4.90 Å². The Bertz CT molecular complexity index is 768. The zero-order valence-electron chi connectivity index (χ0n) is 18.1. The van der Waals surface area contributed by atoms with E-state index in [-0.39, 0.29) is 28.9 Å². The third kappa shape index (κ3) is 2.80. The number of piperidine rings is 1. The number of nitrogens with one attached hydrogen (secondary N) is 2. The van der Waals surface area contributed by atoms with Crippen molar-refractivity contribution in [3.05, 3.63) is 11.1 Å². The number of quaternary nitrogens is 1. The predicted molar refractivity (Wildman–Crippen MR) is 110 cm³/mol. The second kappa shape index (κ2) is 7.89. The molecule has 1 saturated heterocycles. The fourth-order valence-electron chi connectivity index (χ4n) is 8.01. The maximum atomic E-state index is 12.0. The fourth-order valence-corrected chi connectivity index (χ4v) is 8.01. The molecule has 0 aromatic carbocycles. The summed E-state index contributed by atoms with van der Waals surface area (Å²) in [6, 6.07) is 0. The molecule has 0 aromatic rings. The number of aliphatic hydroxyl groups is 2. The number of nitrogens with zero attached hydrogens (tertiary/aromatic N) is 1. The zero-order valence-corrected chi connectivity index (χ0v) is 18.1. The predicted octanol–water partition coefficient (Wildman–Crippen LogP) is -2.35. The van der Waals surface area contributed by atoms with Crippen LogP contribution in [0.2, 0.25) is 0 Å². The molecular formula is C22H36N4O4. The van der Waals surface area contributed by atoms with Gasteiger partial charge in [-0.1, -0.05) is 12.5 Å². The van der Waals surface area contributed by atoms with Crippen molar-refractivity contribution in [1.82, 2.24) is 5.32 Å². The molecule has 4 rings (SSSR count). The summed E-state index contributed by atoms with van der Waals surface area (Å²) in [5, 5.41) is 35.5. The Morgan fingerprint density at radius 3 is 2.83 bits per heavy atom. The molecule has 7 atom stereocenters. The average molecular weight is 421 g/mol. The number of carbonyl (C=O) groups excluding carboxylic acids is 1. The minimum Gasteiger partial charge on any atom is -0.545 e. The van der Waals surface area contributed by atoms with Crippen molar-refractivity contribution in [3.63, 3.8) is 0 Å². The summed E-state index contributed by atoms with van der Waals surface area (Å²) in [6.07, 6.45) is 3.31. The third-order valence-corrected chi connectivity index (χ3v) is 9.04. The summed E-state index contributed by atoms with van der Waals surface area (Å²) in [7, 11) is 1.72. The van der Waals surface area contributed by atoms with Gasteiger partial charge < -0.3 is 31.2 Å². The Morgan fingerprint density at radius 2 is 2.17 bits per heavy atom. The lowest BCUT2D eigenvalue weighted by Crippen LogP contribution is -3.19. The van der Waals surface area contributed by atoms with E-state index in [1.807, 2.05) is 0 Å². The minimum atomic E-state index is -1.21. The molecule has 3 aliphatic carbocycles. The standard InChI is InChI=1S/C22H36N4O4/c1-13-3-4-14-9-16-18(19(29)30)17(28)10-21(13,16)22(14)12-26(20(23)24-2)7-5-15(22)11-25-6-8-27/h13-15,17,25,27-28H,3-12H2,1-2H3,(H2,23,24)(H,29,30). The fraction of sp³-hybridized carbons (Fsp3) is 0.818. The number of aliphatic carboxylic acids is 1. The van der Waals surface area contributed by atoms with Gasteiger partial charge in [-0.15, -0.1) is 0 Å². The first-order chi connectivity index (χ1) is 14.3. The van der Waals surface area contributed by atoms with Crippen LogP contribution in [0.4, 0.5) is 0 Å². The van der Waals surface area contributed by atoms with Gasteiger partial charge in [-0.05, 0) is 50.0 Å². The van der Waals surface area contributed by atoms with Gasteiger partial charge in [0.15, 0.2) is 0 Å². The second-order valence-electron chi connectivity index (χ2n) is 9.84. The molecule has 1 aliphatic heterocycles. The Hall–Kier alpha value is -1.48. The van der Waals surface area contributed by atoms with E-state index in [0.717, 1.165) is 50.9 Å². The van der Waals surface area contributed by atoms with Crippen molar-refractivity contribution in [1.29, 1.82) is 0 Å². The highest BCUT2D eigenvalue weighted by Gasteiger charge is 2.73. The van der Waals surface area contributed by atoms with Gasteiger partial charge in [-0.2, -0.15) is 0 Å². The van der Waals surface area contributed by atoms with Crippen molar-refractivity contribution in [2.24, 2.45) is 39.3 Å². The van der Waals surface area contributed by atoms with Crippen LogP contribution in [0.3, 0.4) is 0 Å². The first-order valence-electron chi connectivity index (χ1n) is 11.3. The van der Waals surface area contributed by atoms with Crippen LogP contribution >= 0.6 is 0 Å². The Labute approximate surface area is 178 Å². The molecule has 8 heteroatoms. The van der Waals surface area contributed by atoms with Crippen LogP contribution in [-0.2, 0) is 4.79 Å². The molecule has 7 unspecified atom stereocenters. The van der Waals surface area contributed by atoms with Crippen LogP contribution in [0.15, 0.2) is 16.1 Å². The van der Waals surface area contributed by atoms with Gasteiger partial charge in [0.1, 0.15) is 0 Å². The molecule has 30 heavy (non-hydrogen) atoms. The number of allylic oxidation sites excluding steroid dienone is 1. The van der Waals surface area contributed by atoms with Crippen molar-refractivity contribution in [3.8, 4) is 0 Å². The van der Waals surface area contributed by atoms with Gasteiger partial charge in [0.05, 0.1) is 31.8 Å². The van der Waals surface area contributed by atoms with E-state index in [1.54, 1.807) is 7.05 Å². The molecule has 0 radical (unpaired) electrons. The number of aliphatic imine (C=N–C) groups is 1. The molecule has 1 heterocycles. The maximum absolute atomic E-state index is 12.0. The molecule has 0 aromatic heterocycles. The van der Waals surface area contributed by atoms with Crippen LogP contribution in [0.1, 0.15) is 39.0 Å². The first-order valence-corrected chi connectivity index (χ1v) is 11.3. The molecule has 3 fully saturated rings. The topological polar surface area (TPSA) is 135 Å². The monoisotopic (exact) mass is 420 g/mol. The van der Waals surface area contributed by atoms with Crippen LogP contribution in [0, 0.1) is 28.6 Å². The smallest absolute Gasteiger partial charge is 0.293 e. The van der Waals surface area contributed by atoms with Gasteiger partial charge in [0, 0.05) is 36.4 Å². The molecule has 4 aliphatic rings. The minimum absolute atomic E-state index is 0.0935. The zero-order chi connectivity index (χ0) is 21.7. The molecule has 2 spiro atoms. The number of hydrogen-bond donors (Lipinski definition) is 5. The largest absolute Gasteiger partial charge is 0.545 e. The van der Waals surface area contributed by atoms with Gasteiger partial charge in [-0.3, -0.25) is 4.90 Å². The van der Waals surface area contributed by atoms with Gasteiger partial charge in [0.2, 0.25) is 0 Å². The number of guanidine groups is 1. The molecule has 0 amide bonds. The van der Waals surface area contributed by atoms with Crippen molar-refractivity contribution in [2.75, 3.05) is 39.8 Å². The third-order valence-electron chi connectivity index (χ3n) is 9.04. The van der Waals surface area contributed by atoms with Crippen molar-refractivity contribution in [2.45, 2.75) is 45.1 Å². The number of carboxylic acids is 1. The molecular weight excluding hydrogens is 384 g/mol. The number of rotatable bonds is 5. The van der Waals surface area contributed by atoms with Crippen LogP contribution in [0.25, 0.3) is 0 Å². The Kier molecular flexibility index (Phi) is 5.72. The highest BCUT2D eigenvalue weighted by molar-refractivity contribution is 5.88. The number of aliphatic hydroxyl groups excluding tert-OH is 2. The Morgan fingerprint density at radius 1 is 1.40 bits per heavy atom. The average Bonchev–Trinajstić information content (AvgIpc) is 3.09. The number of nitrogens with two attached hydrogens (primary N) is 1. The molecule has 8 nitrogen and oxygen atoms in total. The van der Waals surface area contributed by atoms with E-state index in [9.17, 15) is 20.1 Å². The lowest BCUT2D eigenvalue weighted by Gasteiger charge is -2.60. The molecule has 2 bridgehead atoms. The number of likely N-dealkylation sites (tertiary alicyclic amines) is 1. The van der Waals surface area contributed by atoms with E-state index in [0.29, 0.717) is 30.8 Å². The van der Waals surface area contributed by atoms with E-state index in [4.69, 9.17) is 5.73 Å². The van der Waals surface area contributed by atoms with E-state index < -0.39 is 12.1 Å². The lowest BCUT2D eigenvalue weighted by atomic mass is 9.45. The quantitative estimate of drug-likeness (QED) is 0.192. The summed E-state index contributed by atoms with van der Waals surface area (Å²) in [4.78, 5) is 17.5. The SMILES string of the molecule is CN=C(N)[NH+]1CCC(CNCCO)C2(C1)C1CCC(C)C23CC(O)C(C(=O)[O-])=C3C1. The van der Waals surface area contributed by atoms with E-state index in [2.05, 4.69) is 17.2 Å². The van der Waals surface area contributed by atoms with Crippen molar-refractivity contribution < 1.29 is 25.0 Å². The normalized spacial score (nSPS) is 43.3. The number of hydrogen-bond acceptors (Lipinski definition) is 6. The van der Waals surface area contributed by atoms with Gasteiger partial charge >= 0.3 is 0 Å². The first kappa shape index (κ1) is 21.7. The van der Waals surface area contributed by atoms with E-state index >= 15 is 0 Å². The summed E-state index contributed by atoms with van der Waals surface area (Å²) in [5.41, 5.74) is 6.90. The van der Waals surface area contributed by atoms with Crippen LogP contribution < -0.4 is 21.1 Å². The summed E-state index contributed by atoms with van der Waals surface area (Å²) in [5.74, 6) is 0.378. The van der Waals surface area contributed by atoms with Crippen LogP contribution in [0.5, 0.6) is 0 Å². The molecule has 6 N–H and O–H groups in total. The summed E-state index contributed by atoms with van der Waals surface area (Å²) < 4.78 is 0. The van der Waals surface area contributed by atoms with Gasteiger partial charge in [-0.25, -0.2) is 4.99 Å². The van der Waals surface area contributed by atoms with Gasteiger partial charge in [0.25, 0.3) is 5.96 Å². The highest BCUT2D eigenvalue weighted by Crippen LogP contribution is 2.75. The summed E-state index contributed by atoms with van der Waals surface area (Å²) >= 11 is 0. The van der Waals surface area contributed by atoms with Crippen LogP contribution in [-0.4, -0.2) is 68.1 Å². The second-order valence-corrected chi connectivity index (χ2v) is 9.84. The number of carboxylic acid groups (broad SMARTS) is 1. The molecule has 168 valence electrons. The molecule has 2 saturated carbocycles.